The molecule has 18 heavy (non-hydrogen) atoms. The van der Waals surface area contributed by atoms with E-state index in [0.717, 1.165) is 32.8 Å². The predicted octanol–water partition coefficient (Wildman–Crippen LogP) is -1.20. The Balaban J connectivity index is 1.72. The standard InChI is InChI=1S/C12H23N3O3/c1-9(6-15-2-4-17-5-3-15)14-12(16)10-7-18-8-11(10)13/h9-11H,2-8,13H2,1H3,(H,14,16). The molecule has 0 radical (unpaired) electrons. The molecule has 0 spiro atoms. The van der Waals surface area contributed by atoms with Gasteiger partial charge in [-0.2, -0.15) is 0 Å². The fourth-order valence-corrected chi connectivity index (χ4v) is 2.41. The Bertz CT molecular complexity index is 282. The zero-order chi connectivity index (χ0) is 13.0. The molecule has 0 aromatic rings. The lowest BCUT2D eigenvalue weighted by Crippen LogP contribution is -2.49. The molecule has 2 aliphatic rings. The van der Waals surface area contributed by atoms with Crippen LogP contribution < -0.4 is 11.1 Å². The third-order valence-electron chi connectivity index (χ3n) is 3.49. The van der Waals surface area contributed by atoms with E-state index in [0.29, 0.717) is 13.2 Å². The van der Waals surface area contributed by atoms with E-state index in [1.54, 1.807) is 0 Å². The molecule has 2 aliphatic heterocycles. The first-order valence-corrected chi connectivity index (χ1v) is 6.60. The van der Waals surface area contributed by atoms with Gasteiger partial charge in [-0.1, -0.05) is 0 Å². The minimum absolute atomic E-state index is 0.0146. The average Bonchev–Trinajstić information content (AvgIpc) is 2.76. The molecule has 6 heteroatoms. The van der Waals surface area contributed by atoms with E-state index in [2.05, 4.69) is 10.2 Å². The van der Waals surface area contributed by atoms with Crippen molar-refractivity contribution >= 4 is 5.91 Å². The number of hydrogen-bond acceptors (Lipinski definition) is 5. The van der Waals surface area contributed by atoms with Gasteiger partial charge in [-0.05, 0) is 6.92 Å². The summed E-state index contributed by atoms with van der Waals surface area (Å²) in [6, 6.07) is -0.0380. The molecule has 0 aromatic heterocycles. The highest BCUT2D eigenvalue weighted by molar-refractivity contribution is 5.80. The van der Waals surface area contributed by atoms with Gasteiger partial charge in [0.25, 0.3) is 0 Å². The van der Waals surface area contributed by atoms with Crippen LogP contribution in [-0.4, -0.2) is 69.0 Å². The fraction of sp³-hybridized carbons (Fsp3) is 0.917. The molecule has 6 nitrogen and oxygen atoms in total. The number of nitrogens with one attached hydrogen (secondary N) is 1. The molecular weight excluding hydrogens is 234 g/mol. The second-order valence-electron chi connectivity index (χ2n) is 5.13. The lowest BCUT2D eigenvalue weighted by atomic mass is 10.0. The number of nitrogens with zero attached hydrogens (tertiary/aromatic N) is 1. The molecule has 2 rings (SSSR count). The summed E-state index contributed by atoms with van der Waals surface area (Å²) < 4.78 is 10.5. The van der Waals surface area contributed by atoms with Crippen LogP contribution in [0, 0.1) is 5.92 Å². The van der Waals surface area contributed by atoms with Crippen LogP contribution in [0.1, 0.15) is 6.92 Å². The van der Waals surface area contributed by atoms with Crippen LogP contribution in [0.3, 0.4) is 0 Å². The molecule has 0 aliphatic carbocycles. The minimum atomic E-state index is -0.197. The normalized spacial score (nSPS) is 31.2. The maximum Gasteiger partial charge on any atom is 0.227 e. The van der Waals surface area contributed by atoms with Crippen molar-refractivity contribution in [2.75, 3.05) is 46.1 Å². The van der Waals surface area contributed by atoms with Gasteiger partial charge in [-0.3, -0.25) is 9.69 Å². The number of carbonyl (C=O) groups is 1. The van der Waals surface area contributed by atoms with Crippen LogP contribution in [-0.2, 0) is 14.3 Å². The van der Waals surface area contributed by atoms with Crippen molar-refractivity contribution in [2.24, 2.45) is 11.7 Å². The Morgan fingerprint density at radius 2 is 2.11 bits per heavy atom. The topological polar surface area (TPSA) is 76.8 Å². The highest BCUT2D eigenvalue weighted by Crippen LogP contribution is 2.11. The number of ether oxygens (including phenoxy) is 2. The molecule has 3 atom stereocenters. The van der Waals surface area contributed by atoms with E-state index < -0.39 is 0 Å². The molecule has 0 aromatic carbocycles. The highest BCUT2D eigenvalue weighted by Gasteiger charge is 2.32. The minimum Gasteiger partial charge on any atom is -0.379 e. The van der Waals surface area contributed by atoms with Crippen molar-refractivity contribution in [3.63, 3.8) is 0 Å². The van der Waals surface area contributed by atoms with E-state index in [4.69, 9.17) is 15.2 Å². The van der Waals surface area contributed by atoms with Gasteiger partial charge >= 0.3 is 0 Å². The number of nitrogens with two attached hydrogens (primary N) is 1. The molecule has 104 valence electrons. The van der Waals surface area contributed by atoms with Crippen molar-refractivity contribution in [1.82, 2.24) is 10.2 Å². The van der Waals surface area contributed by atoms with Gasteiger partial charge in [0.1, 0.15) is 0 Å². The van der Waals surface area contributed by atoms with Crippen LogP contribution in [0.25, 0.3) is 0 Å². The van der Waals surface area contributed by atoms with Crippen molar-refractivity contribution < 1.29 is 14.3 Å². The Labute approximate surface area is 108 Å². The van der Waals surface area contributed by atoms with E-state index in [1.807, 2.05) is 6.92 Å². The monoisotopic (exact) mass is 257 g/mol. The summed E-state index contributed by atoms with van der Waals surface area (Å²) in [5.74, 6) is -0.183. The van der Waals surface area contributed by atoms with Crippen LogP contribution in [0.4, 0.5) is 0 Å². The summed E-state index contributed by atoms with van der Waals surface area (Å²) in [5, 5.41) is 3.02. The molecule has 2 fully saturated rings. The summed E-state index contributed by atoms with van der Waals surface area (Å²) >= 11 is 0. The Hall–Kier alpha value is -0.690. The maximum absolute atomic E-state index is 12.0. The molecule has 3 N–H and O–H groups in total. The molecule has 3 unspecified atom stereocenters. The lowest BCUT2D eigenvalue weighted by Gasteiger charge is -2.29. The first-order chi connectivity index (χ1) is 8.66. The average molecular weight is 257 g/mol. The van der Waals surface area contributed by atoms with Gasteiger partial charge in [-0.25, -0.2) is 0 Å². The Morgan fingerprint density at radius 3 is 2.72 bits per heavy atom. The number of amides is 1. The smallest absolute Gasteiger partial charge is 0.227 e. The number of hydrogen-bond donors (Lipinski definition) is 2. The third kappa shape index (κ3) is 3.65. The third-order valence-corrected chi connectivity index (χ3v) is 3.49. The van der Waals surface area contributed by atoms with Gasteiger partial charge in [0.05, 0.1) is 32.3 Å². The summed E-state index contributed by atoms with van der Waals surface area (Å²) in [7, 11) is 0. The molecular formula is C12H23N3O3. The largest absolute Gasteiger partial charge is 0.379 e. The van der Waals surface area contributed by atoms with Crippen molar-refractivity contribution in [1.29, 1.82) is 0 Å². The predicted molar refractivity (Wildman–Crippen MR) is 67.1 cm³/mol. The fourth-order valence-electron chi connectivity index (χ4n) is 2.41. The Morgan fingerprint density at radius 1 is 1.39 bits per heavy atom. The molecule has 2 saturated heterocycles. The van der Waals surface area contributed by atoms with Crippen molar-refractivity contribution in [3.8, 4) is 0 Å². The summed E-state index contributed by atoms with van der Waals surface area (Å²) in [6.45, 7) is 7.24. The SMILES string of the molecule is CC(CN1CCOCC1)NC(=O)C1COCC1N. The lowest BCUT2D eigenvalue weighted by molar-refractivity contribution is -0.126. The van der Waals surface area contributed by atoms with Crippen LogP contribution >= 0.6 is 0 Å². The Kier molecular flexibility index (Phi) is 4.94. The first kappa shape index (κ1) is 13.7. The van der Waals surface area contributed by atoms with Gasteiger partial charge in [-0.15, -0.1) is 0 Å². The first-order valence-electron chi connectivity index (χ1n) is 6.60. The summed E-state index contributed by atoms with van der Waals surface area (Å²) in [6.07, 6.45) is 0. The zero-order valence-electron chi connectivity index (χ0n) is 10.9. The summed E-state index contributed by atoms with van der Waals surface area (Å²) in [4.78, 5) is 14.3. The number of morpholine rings is 1. The van der Waals surface area contributed by atoms with Gasteiger partial charge in [0.2, 0.25) is 5.91 Å². The van der Waals surface area contributed by atoms with Crippen molar-refractivity contribution in [3.05, 3.63) is 0 Å². The van der Waals surface area contributed by atoms with Gasteiger partial charge in [0, 0.05) is 31.7 Å². The summed E-state index contributed by atoms with van der Waals surface area (Å²) in [5.41, 5.74) is 5.83. The molecule has 2 heterocycles. The quantitative estimate of drug-likeness (QED) is 0.661. The van der Waals surface area contributed by atoms with Crippen LogP contribution in [0.2, 0.25) is 0 Å². The van der Waals surface area contributed by atoms with E-state index >= 15 is 0 Å². The van der Waals surface area contributed by atoms with Crippen LogP contribution in [0.15, 0.2) is 0 Å². The zero-order valence-corrected chi connectivity index (χ0v) is 10.9. The molecule has 0 bridgehead atoms. The second-order valence-corrected chi connectivity index (χ2v) is 5.13. The van der Waals surface area contributed by atoms with Crippen molar-refractivity contribution in [2.45, 2.75) is 19.0 Å². The van der Waals surface area contributed by atoms with E-state index in [-0.39, 0.29) is 23.9 Å². The number of carbonyl (C=O) groups excluding carboxylic acids is 1. The highest BCUT2D eigenvalue weighted by atomic mass is 16.5. The van der Waals surface area contributed by atoms with Gasteiger partial charge in [0.15, 0.2) is 0 Å². The molecule has 0 saturated carbocycles. The maximum atomic E-state index is 12.0. The van der Waals surface area contributed by atoms with E-state index in [1.165, 1.54) is 0 Å². The second kappa shape index (κ2) is 6.47. The van der Waals surface area contributed by atoms with E-state index in [9.17, 15) is 4.79 Å². The van der Waals surface area contributed by atoms with Crippen LogP contribution in [0.5, 0.6) is 0 Å². The molecule has 1 amide bonds. The van der Waals surface area contributed by atoms with Gasteiger partial charge < -0.3 is 20.5 Å². The number of rotatable bonds is 4.